The van der Waals surface area contributed by atoms with Crippen molar-refractivity contribution in [3.63, 3.8) is 0 Å². The van der Waals surface area contributed by atoms with Crippen molar-refractivity contribution in [1.29, 1.82) is 0 Å². The zero-order valence-electron chi connectivity index (χ0n) is 6.71. The van der Waals surface area contributed by atoms with Gasteiger partial charge in [0.25, 0.3) is 9.63 Å². The minimum atomic E-state index is -1.53. The third-order valence-electron chi connectivity index (χ3n) is 0.815. The summed E-state index contributed by atoms with van der Waals surface area (Å²) >= 11 is 16.5. The van der Waals surface area contributed by atoms with Gasteiger partial charge in [0.05, 0.1) is 5.54 Å². The first-order valence-corrected chi connectivity index (χ1v) is 4.24. The van der Waals surface area contributed by atoms with Crippen LogP contribution < -0.4 is 10.7 Å². The van der Waals surface area contributed by atoms with E-state index < -0.39 is 3.79 Å². The van der Waals surface area contributed by atoms with Crippen molar-refractivity contribution >= 4 is 40.6 Å². The summed E-state index contributed by atoms with van der Waals surface area (Å²) in [5.41, 5.74) is 5.26. The van der Waals surface area contributed by atoms with Gasteiger partial charge in [0.1, 0.15) is 0 Å². The Morgan fingerprint density at radius 3 is 1.64 bits per heavy atom. The number of hydrogen-bond donors (Lipinski definition) is 2. The van der Waals surface area contributed by atoms with Crippen molar-refractivity contribution in [1.82, 2.24) is 0 Å². The summed E-state index contributed by atoms with van der Waals surface area (Å²) in [7, 11) is 0. The Morgan fingerprint density at radius 2 is 1.55 bits per heavy atom. The number of amidine groups is 1. The van der Waals surface area contributed by atoms with Crippen molar-refractivity contribution in [2.45, 2.75) is 30.1 Å². The normalized spacial score (nSPS) is 15.3. The quantitative estimate of drug-likeness (QED) is 0.349. The largest absolute Gasteiger partial charge is 0.293 e. The molecule has 0 radical (unpaired) electrons. The van der Waals surface area contributed by atoms with Crippen LogP contribution in [0.1, 0.15) is 20.8 Å². The van der Waals surface area contributed by atoms with E-state index in [1.165, 1.54) is 0 Å². The van der Waals surface area contributed by atoms with Crippen molar-refractivity contribution in [2.24, 2.45) is 5.73 Å². The molecule has 5 heteroatoms. The Kier molecular flexibility index (Phi) is 3.48. The third kappa shape index (κ3) is 5.59. The van der Waals surface area contributed by atoms with Crippen LogP contribution in [0.25, 0.3) is 0 Å². The van der Waals surface area contributed by atoms with Gasteiger partial charge < -0.3 is 0 Å². The Bertz CT molecular complexity index is 164. The van der Waals surface area contributed by atoms with Gasteiger partial charge in [0.2, 0.25) is 0 Å². The van der Waals surface area contributed by atoms with Crippen molar-refractivity contribution in [3.8, 4) is 0 Å². The lowest BCUT2D eigenvalue weighted by Gasteiger charge is -2.13. The van der Waals surface area contributed by atoms with Crippen LogP contribution in [0.4, 0.5) is 0 Å². The molecule has 0 aliphatic rings. The monoisotopic (exact) mass is 217 g/mol. The van der Waals surface area contributed by atoms with Gasteiger partial charge in [0, 0.05) is 0 Å². The van der Waals surface area contributed by atoms with E-state index >= 15 is 0 Å². The molecule has 0 unspecified atom stereocenters. The summed E-state index contributed by atoms with van der Waals surface area (Å²) in [6, 6.07) is 0. The van der Waals surface area contributed by atoms with Gasteiger partial charge in [-0.1, -0.05) is 34.8 Å². The molecule has 0 heterocycles. The number of hydrogen-bond acceptors (Lipinski definition) is 0. The van der Waals surface area contributed by atoms with E-state index in [-0.39, 0.29) is 11.4 Å². The van der Waals surface area contributed by atoms with Crippen molar-refractivity contribution in [2.75, 3.05) is 0 Å². The van der Waals surface area contributed by atoms with Gasteiger partial charge in [-0.05, 0) is 20.8 Å². The molecule has 0 saturated heterocycles. The average Bonchev–Trinajstić information content (AvgIpc) is 1.56. The van der Waals surface area contributed by atoms with E-state index in [0.29, 0.717) is 0 Å². The van der Waals surface area contributed by atoms with Crippen molar-refractivity contribution < 1.29 is 4.99 Å². The second kappa shape index (κ2) is 3.38. The number of nitrogens with one attached hydrogen (secondary N) is 1. The lowest BCUT2D eigenvalue weighted by Crippen LogP contribution is -2.88. The molecule has 2 nitrogen and oxygen atoms in total. The molecule has 0 aliphatic heterocycles. The highest BCUT2D eigenvalue weighted by molar-refractivity contribution is 6.76. The zero-order valence-corrected chi connectivity index (χ0v) is 8.98. The molecule has 0 aromatic rings. The minimum absolute atomic E-state index is 0.148. The lowest BCUT2D eigenvalue weighted by atomic mass is 10.1. The van der Waals surface area contributed by atoms with E-state index in [2.05, 4.69) is 4.99 Å². The molecule has 11 heavy (non-hydrogen) atoms. The summed E-state index contributed by atoms with van der Waals surface area (Å²) < 4.78 is -1.53. The van der Waals surface area contributed by atoms with Crippen LogP contribution in [0.5, 0.6) is 0 Å². The first-order chi connectivity index (χ1) is 4.63. The minimum Gasteiger partial charge on any atom is -0.287 e. The van der Waals surface area contributed by atoms with E-state index in [4.69, 9.17) is 40.5 Å². The highest BCUT2D eigenvalue weighted by atomic mass is 35.6. The number of alkyl halides is 3. The summed E-state index contributed by atoms with van der Waals surface area (Å²) in [6.07, 6.45) is 0. The maximum atomic E-state index is 5.50. The highest BCUT2D eigenvalue weighted by Gasteiger charge is 2.32. The number of rotatable bonds is 0. The smallest absolute Gasteiger partial charge is 0.287 e. The fourth-order valence-corrected chi connectivity index (χ4v) is 0.617. The van der Waals surface area contributed by atoms with E-state index in [1.807, 2.05) is 20.8 Å². The van der Waals surface area contributed by atoms with E-state index in [0.717, 1.165) is 0 Å². The van der Waals surface area contributed by atoms with Crippen LogP contribution in [-0.4, -0.2) is 15.2 Å². The van der Waals surface area contributed by atoms with E-state index in [9.17, 15) is 0 Å². The molecule has 0 amide bonds. The Morgan fingerprint density at radius 1 is 1.18 bits per heavy atom. The number of halogens is 3. The molecule has 0 aromatic heterocycles. The van der Waals surface area contributed by atoms with Gasteiger partial charge in [-0.3, -0.25) is 10.7 Å². The Hall–Kier alpha value is 0.340. The molecule has 66 valence electrons. The fourth-order valence-electron chi connectivity index (χ4n) is 0.475. The molecule has 0 fully saturated rings. The maximum absolute atomic E-state index is 5.50. The van der Waals surface area contributed by atoms with Crippen LogP contribution in [0.15, 0.2) is 0 Å². The summed E-state index contributed by atoms with van der Waals surface area (Å²) in [5, 5.41) is 0. The van der Waals surface area contributed by atoms with Gasteiger partial charge in [-0.25, -0.2) is 0 Å². The SMILES string of the molecule is CC(C)(C)[NH+]=C(N)C(Cl)(Cl)Cl. The molecule has 3 N–H and O–H groups in total. The van der Waals surface area contributed by atoms with Crippen molar-refractivity contribution in [3.05, 3.63) is 0 Å². The fraction of sp³-hybridized carbons (Fsp3) is 0.833. The molecule has 0 aromatic carbocycles. The molecule has 0 saturated carbocycles. The predicted octanol–water partition coefficient (Wildman–Crippen LogP) is 0.593. The first-order valence-electron chi connectivity index (χ1n) is 3.11. The molecular weight excluding hydrogens is 206 g/mol. The lowest BCUT2D eigenvalue weighted by molar-refractivity contribution is -0.540. The number of nitrogens with two attached hydrogens (primary N) is 1. The standard InChI is InChI=1S/C6H11Cl3N2/c1-5(2,3)11-4(10)6(7,8)9/h1-3H3,(H2,10,11)/p+1. The van der Waals surface area contributed by atoms with Crippen LogP contribution in [0, 0.1) is 0 Å². The molecule has 0 aliphatic carbocycles. The second-order valence-corrected chi connectivity index (χ2v) is 5.57. The summed E-state index contributed by atoms with van der Waals surface area (Å²) in [4.78, 5) is 2.86. The highest BCUT2D eigenvalue weighted by Crippen LogP contribution is 2.23. The molecule has 0 spiro atoms. The van der Waals surface area contributed by atoms with Crippen LogP contribution in [0.2, 0.25) is 0 Å². The second-order valence-electron chi connectivity index (χ2n) is 3.29. The maximum Gasteiger partial charge on any atom is 0.293 e. The van der Waals surface area contributed by atoms with Gasteiger partial charge in [-0.15, -0.1) is 0 Å². The predicted molar refractivity (Wildman–Crippen MR) is 50.2 cm³/mol. The van der Waals surface area contributed by atoms with Gasteiger partial charge >= 0.3 is 0 Å². The zero-order chi connectivity index (χ0) is 9.28. The summed E-state index contributed by atoms with van der Waals surface area (Å²) in [6.45, 7) is 5.78. The third-order valence-corrected chi connectivity index (χ3v) is 1.43. The van der Waals surface area contributed by atoms with Crippen LogP contribution in [0.3, 0.4) is 0 Å². The first kappa shape index (κ1) is 11.3. The van der Waals surface area contributed by atoms with Gasteiger partial charge in [0.15, 0.2) is 0 Å². The molecule has 0 rings (SSSR count). The van der Waals surface area contributed by atoms with Crippen LogP contribution >= 0.6 is 34.8 Å². The molecule has 0 atom stereocenters. The Labute approximate surface area is 81.7 Å². The summed E-state index contributed by atoms with van der Waals surface area (Å²) in [5.74, 6) is 0.148. The molecule has 0 bridgehead atoms. The van der Waals surface area contributed by atoms with Gasteiger partial charge in [-0.2, -0.15) is 0 Å². The molecular formula is C6H12Cl3N2+. The van der Waals surface area contributed by atoms with E-state index in [1.54, 1.807) is 0 Å². The Balaban J connectivity index is 4.49. The average molecular weight is 219 g/mol. The topological polar surface area (TPSA) is 40.0 Å². The van der Waals surface area contributed by atoms with Crippen LogP contribution in [-0.2, 0) is 0 Å².